The molecule has 2 atom stereocenters. The van der Waals surface area contributed by atoms with E-state index in [4.69, 9.17) is 0 Å². The van der Waals surface area contributed by atoms with Gasteiger partial charge >= 0.3 is 58.2 Å². The second kappa shape index (κ2) is 17.1. The fourth-order valence-electron chi connectivity index (χ4n) is 1.87. The molecule has 0 spiro atoms. The van der Waals surface area contributed by atoms with Crippen molar-refractivity contribution in [3.05, 3.63) is 30.8 Å². The van der Waals surface area contributed by atoms with Crippen LogP contribution in [0.4, 0.5) is 11.4 Å². The van der Waals surface area contributed by atoms with Gasteiger partial charge in [0, 0.05) is 116 Å². The van der Waals surface area contributed by atoms with Gasteiger partial charge in [-0.25, -0.2) is 12.6 Å². The second-order valence-corrected chi connectivity index (χ2v) is 4.99. The zero-order chi connectivity index (χ0) is 13.1. The standard InChI is InChI=1S/C12H16N3O2S.Ra.Rb.Re.Rf.Y/c1-10-9-15(7-6-14(10)2)12-5-3-4-11(8-12)13-18(16)17;;;;;/h3,6,8,10,13H,7,9H2,1-2H3,(H,16,17);;;;;/q-3;;+1;;;/p-1/t10-;;;;;/m0...../s1. The van der Waals surface area contributed by atoms with E-state index in [2.05, 4.69) is 47.2 Å². The van der Waals surface area contributed by atoms with Crippen molar-refractivity contribution in [3.63, 3.8) is 0 Å². The van der Waals surface area contributed by atoms with E-state index in [0.29, 0.717) is 11.7 Å². The van der Waals surface area contributed by atoms with E-state index < -0.39 is 11.3 Å². The Balaban J connectivity index is -0.000000361. The Kier molecular flexibility index (Phi) is 24.8. The zero-order valence-corrected chi connectivity index (χ0v) is 37.2. The molecule has 0 saturated carbocycles. The molecule has 1 aliphatic rings. The summed E-state index contributed by atoms with van der Waals surface area (Å²) >= 11 is -2.32. The maximum atomic E-state index is 10.6. The molecule has 0 bridgehead atoms. The van der Waals surface area contributed by atoms with Gasteiger partial charge in [0.25, 0.3) is 0 Å². The van der Waals surface area contributed by atoms with Gasteiger partial charge in [-0.2, -0.15) is 11.4 Å². The van der Waals surface area contributed by atoms with E-state index in [1.807, 2.05) is 0 Å². The molecule has 1 saturated heterocycles. The zero-order valence-electron chi connectivity index (χ0n) is 13.7. The van der Waals surface area contributed by atoms with Crippen molar-refractivity contribution in [3.8, 4) is 0 Å². The fraction of sp³-hybridized carbons (Fsp3) is 0.417. The van der Waals surface area contributed by atoms with Crippen molar-refractivity contribution in [1.82, 2.24) is 4.90 Å². The van der Waals surface area contributed by atoms with Gasteiger partial charge in [0.15, 0.2) is 0 Å². The summed E-state index contributed by atoms with van der Waals surface area (Å²) in [7, 11) is 2.05. The minimum Gasteiger partial charge on any atom is -0.755 e. The minimum atomic E-state index is -2.32. The Hall–Kier alpha value is 2.93. The Morgan fingerprint density at radius 1 is 1.48 bits per heavy atom. The number of benzene rings is 1. The largest absolute Gasteiger partial charge is 1.00 e. The topological polar surface area (TPSA) is 58.6 Å². The molecule has 1 heterocycles. The third kappa shape index (κ3) is 11.4. The first-order valence-corrected chi connectivity index (χ1v) is 6.73. The van der Waals surface area contributed by atoms with Gasteiger partial charge in [-0.05, 0) is 13.1 Å². The fourth-order valence-corrected chi connectivity index (χ4v) is 2.16. The van der Waals surface area contributed by atoms with E-state index in [1.165, 1.54) is 0 Å². The summed E-state index contributed by atoms with van der Waals surface area (Å²) < 4.78 is 23.5. The van der Waals surface area contributed by atoms with E-state index in [9.17, 15) is 8.76 Å². The summed E-state index contributed by atoms with van der Waals surface area (Å²) in [5.74, 6) is 0. The van der Waals surface area contributed by atoms with Gasteiger partial charge in [0.05, 0.1) is 0 Å². The van der Waals surface area contributed by atoms with Gasteiger partial charge < -0.3 is 37.3 Å². The van der Waals surface area contributed by atoms with Gasteiger partial charge in [0.1, 0.15) is 0 Å². The van der Waals surface area contributed by atoms with Crippen LogP contribution in [0.25, 0.3) is 0 Å². The molecular weight excluding hydrogens is 1100 g/mol. The molecule has 2 rings (SSSR count). The summed E-state index contributed by atoms with van der Waals surface area (Å²) in [6, 6.07) is 9.63. The van der Waals surface area contributed by atoms with Crippen molar-refractivity contribution in [2.24, 2.45) is 0 Å². The van der Waals surface area contributed by atoms with Crippen LogP contribution >= 0.6 is 0 Å². The van der Waals surface area contributed by atoms with Crippen LogP contribution in [0.15, 0.2) is 12.1 Å². The smallest absolute Gasteiger partial charge is 0.755 e. The van der Waals surface area contributed by atoms with E-state index in [0.717, 1.165) is 18.8 Å². The molecule has 5 nitrogen and oxygen atoms in total. The molecule has 1 aliphatic heterocycles. The SMILES string of the molecule is C[C@H]1CN(c2[c-]c[c-]c(NS(=O)[O-])c2)C[CH-]N1C.[Ra].[Rb+].[Re].[Rf].[Y]. The van der Waals surface area contributed by atoms with Crippen LogP contribution in [0.5, 0.6) is 0 Å². The van der Waals surface area contributed by atoms with Gasteiger partial charge in [-0.1, -0.05) is 13.5 Å². The Labute approximate surface area is 260 Å². The van der Waals surface area contributed by atoms with Crippen LogP contribution in [-0.2, 0) is 64.4 Å². The Bertz CT molecular complexity index is 470. The number of likely N-dealkylation sites (N-methyl/N-ethyl adjacent to an activating group) is 1. The molecule has 1 N–H and O–H groups in total. The van der Waals surface area contributed by atoms with Crippen LogP contribution in [0, 0.1) is 63.7 Å². The summed E-state index contributed by atoms with van der Waals surface area (Å²) in [4.78, 5) is 4.33. The van der Waals surface area contributed by atoms with E-state index >= 15 is 0 Å². The predicted molar refractivity (Wildman–Crippen MR) is 70.4 cm³/mol. The molecule has 4 radical (unpaired) electrons. The third-order valence-corrected chi connectivity index (χ3v) is 3.42. The molecule has 1 aromatic rings. The van der Waals surface area contributed by atoms with Crippen LogP contribution in [0.3, 0.4) is 0 Å². The van der Waals surface area contributed by atoms with Crippen LogP contribution in [0.1, 0.15) is 6.92 Å². The summed E-state index contributed by atoms with van der Waals surface area (Å²) in [5.41, 5.74) is 1.31. The van der Waals surface area contributed by atoms with Crippen LogP contribution in [-0.4, -0.2) is 39.8 Å². The first-order chi connectivity index (χ1) is 8.56. The number of piperazine rings is 1. The Morgan fingerprint density at radius 2 is 2.09 bits per heavy atom. The molecule has 1 unspecified atom stereocenters. The average Bonchev–Trinajstić information content (AvgIpc) is 2.32. The van der Waals surface area contributed by atoms with Crippen molar-refractivity contribution in [2.75, 3.05) is 29.8 Å². The predicted octanol–water partition coefficient (Wildman–Crippen LogP) is -2.21. The number of hydrogen-bond acceptors (Lipinski definition) is 4. The van der Waals surface area contributed by atoms with Crippen molar-refractivity contribution in [1.29, 1.82) is 0 Å². The third-order valence-electron chi connectivity index (χ3n) is 3.03. The maximum absolute atomic E-state index is 10.6. The minimum absolute atomic E-state index is 0. The number of rotatable bonds is 3. The average molecular weight is 1120 g/mol. The van der Waals surface area contributed by atoms with Gasteiger partial charge in [0.2, 0.25) is 0 Å². The number of nitrogens with zero attached hydrogens (tertiary/aromatic N) is 2. The Morgan fingerprint density at radius 3 is 2.61 bits per heavy atom. The first-order valence-electron chi connectivity index (χ1n) is 5.66. The monoisotopic (exact) mass is 1120 g/mol. The van der Waals surface area contributed by atoms with Crippen molar-refractivity contribution < 1.29 is 165 Å². The summed E-state index contributed by atoms with van der Waals surface area (Å²) in [5, 5.41) is 0. The van der Waals surface area contributed by atoms with Crippen LogP contribution in [0.2, 0.25) is 0 Å². The molecule has 1 fully saturated rings. The van der Waals surface area contributed by atoms with Crippen molar-refractivity contribution in [2.45, 2.75) is 13.0 Å². The molecule has 0 aliphatic carbocycles. The molecule has 114 valence electrons. The molecule has 23 heavy (non-hydrogen) atoms. The molecule has 0 aromatic heterocycles. The number of hydrogen-bond donors (Lipinski definition) is 1. The van der Waals surface area contributed by atoms with E-state index in [1.54, 1.807) is 12.1 Å². The first kappa shape index (κ1) is 33.5. The maximum Gasteiger partial charge on any atom is 1.00 e. The summed E-state index contributed by atoms with van der Waals surface area (Å²) in [6.45, 7) is 5.93. The molecule has 11 heteroatoms. The van der Waals surface area contributed by atoms with E-state index in [-0.39, 0.29) is 156 Å². The summed E-state index contributed by atoms with van der Waals surface area (Å²) in [6.07, 6.45) is 0. The second-order valence-electron chi connectivity index (χ2n) is 4.32. The number of anilines is 2. The van der Waals surface area contributed by atoms with Gasteiger partial charge in [-0.3, -0.25) is 4.21 Å². The normalized spacial score (nSPS) is 17.9. The molecule has 1 aromatic carbocycles. The van der Waals surface area contributed by atoms with Gasteiger partial charge in [-0.15, -0.1) is 0 Å². The number of nitrogens with one attached hydrogen (secondary N) is 1. The molecule has 0 amide bonds. The van der Waals surface area contributed by atoms with Crippen LogP contribution < -0.4 is 67.8 Å². The quantitative estimate of drug-likeness (QED) is 0.276. The molecular formula is C12H15N3O2RaRbReRfSY-3. The van der Waals surface area contributed by atoms with Crippen molar-refractivity contribution >= 4 is 22.6 Å².